The summed E-state index contributed by atoms with van der Waals surface area (Å²) in [6.07, 6.45) is 3.42. The molecule has 2 aromatic rings. The molecule has 0 bridgehead atoms. The van der Waals surface area contributed by atoms with Gasteiger partial charge in [0.1, 0.15) is 0 Å². The number of piperazine rings is 1. The number of nitrogens with one attached hydrogen (secondary N) is 1. The van der Waals surface area contributed by atoms with Crippen LogP contribution in [0.15, 0.2) is 24.5 Å². The van der Waals surface area contributed by atoms with E-state index in [9.17, 15) is 0 Å². The third-order valence-corrected chi connectivity index (χ3v) is 3.32. The Hall–Kier alpha value is -2.19. The number of nitrogens with two attached hydrogens (primary N) is 1. The van der Waals surface area contributed by atoms with Crippen molar-refractivity contribution in [1.29, 1.82) is 0 Å². The van der Waals surface area contributed by atoms with Crippen LogP contribution in [0.5, 0.6) is 0 Å². The first kappa shape index (κ1) is 12.8. The van der Waals surface area contributed by atoms with E-state index in [0.717, 1.165) is 31.9 Å². The molecule has 0 spiro atoms. The zero-order valence-electron chi connectivity index (χ0n) is 11.4. The number of nitrogens with zero attached hydrogens (tertiary/aromatic N) is 6. The summed E-state index contributed by atoms with van der Waals surface area (Å²) in [7, 11) is 1.95. The van der Waals surface area contributed by atoms with Gasteiger partial charge in [0.05, 0.1) is 11.9 Å². The molecule has 8 nitrogen and oxygen atoms in total. The van der Waals surface area contributed by atoms with E-state index in [-0.39, 0.29) is 0 Å². The summed E-state index contributed by atoms with van der Waals surface area (Å²) in [5.41, 5.74) is 6.75. The normalized spacial score (nSPS) is 16.2. The second-order valence-corrected chi connectivity index (χ2v) is 4.62. The fraction of sp³-hybridized carbons (Fsp3) is 0.417. The fourth-order valence-corrected chi connectivity index (χ4v) is 2.20. The summed E-state index contributed by atoms with van der Waals surface area (Å²) in [5.74, 6) is 0.947. The van der Waals surface area contributed by atoms with E-state index in [1.165, 1.54) is 0 Å². The highest BCUT2D eigenvalue weighted by Gasteiger charge is 2.19. The smallest absolute Gasteiger partial charge is 0.261 e. The summed E-state index contributed by atoms with van der Waals surface area (Å²) in [6, 6.07) is 3.74. The van der Waals surface area contributed by atoms with Gasteiger partial charge in [-0.2, -0.15) is 9.67 Å². The molecule has 1 saturated heterocycles. The van der Waals surface area contributed by atoms with Gasteiger partial charge in [-0.05, 0) is 12.1 Å². The molecule has 0 amide bonds. The zero-order chi connectivity index (χ0) is 13.9. The predicted molar refractivity (Wildman–Crippen MR) is 76.4 cm³/mol. The predicted octanol–water partition coefficient (Wildman–Crippen LogP) is -0.499. The monoisotopic (exact) mass is 274 g/mol. The summed E-state index contributed by atoms with van der Waals surface area (Å²) < 4.78 is 1.60. The topological polar surface area (TPSA) is 88.1 Å². The molecule has 8 heteroatoms. The van der Waals surface area contributed by atoms with Gasteiger partial charge in [0, 0.05) is 39.4 Å². The van der Waals surface area contributed by atoms with Gasteiger partial charge < -0.3 is 11.1 Å². The maximum absolute atomic E-state index is 5.94. The summed E-state index contributed by atoms with van der Waals surface area (Å²) in [4.78, 5) is 8.40. The third kappa shape index (κ3) is 2.43. The standard InChI is InChI=1S/C12H18N8/c1-18(19-7-5-14-6-8-19)12-16-11(13)20(17-12)10-3-2-4-15-9-10/h2-4,9,14H,5-8H2,1H3,(H2,13,16,17). The summed E-state index contributed by atoms with van der Waals surface area (Å²) >= 11 is 0. The number of rotatable bonds is 3. The molecule has 1 aliphatic rings. The molecule has 106 valence electrons. The molecule has 1 fully saturated rings. The number of pyridine rings is 1. The number of hydrogen-bond donors (Lipinski definition) is 2. The number of hydrogen-bond acceptors (Lipinski definition) is 7. The molecule has 0 unspecified atom stereocenters. The van der Waals surface area contributed by atoms with Crippen molar-refractivity contribution < 1.29 is 0 Å². The van der Waals surface area contributed by atoms with Crippen LogP contribution < -0.4 is 16.1 Å². The molecule has 3 N–H and O–H groups in total. The second-order valence-electron chi connectivity index (χ2n) is 4.62. The van der Waals surface area contributed by atoms with Crippen LogP contribution in [0, 0.1) is 0 Å². The molecule has 0 saturated carbocycles. The van der Waals surface area contributed by atoms with Crippen molar-refractivity contribution in [1.82, 2.24) is 30.1 Å². The molecule has 1 aliphatic heterocycles. The van der Waals surface area contributed by atoms with Crippen molar-refractivity contribution in [2.24, 2.45) is 0 Å². The SMILES string of the molecule is CN(c1nc(N)n(-c2cccnc2)n1)N1CCNCC1. The number of anilines is 2. The minimum atomic E-state index is 0.356. The highest BCUT2D eigenvalue weighted by atomic mass is 15.7. The molecular formula is C12H18N8. The van der Waals surface area contributed by atoms with E-state index in [2.05, 4.69) is 25.4 Å². The third-order valence-electron chi connectivity index (χ3n) is 3.32. The zero-order valence-corrected chi connectivity index (χ0v) is 11.4. The minimum Gasteiger partial charge on any atom is -0.368 e. The average molecular weight is 274 g/mol. The van der Waals surface area contributed by atoms with Crippen molar-refractivity contribution in [2.45, 2.75) is 0 Å². The average Bonchev–Trinajstić information content (AvgIpc) is 2.90. The molecule has 0 aromatic carbocycles. The highest BCUT2D eigenvalue weighted by Crippen LogP contribution is 2.16. The Morgan fingerprint density at radius 1 is 1.35 bits per heavy atom. The van der Waals surface area contributed by atoms with Crippen LogP contribution in [0.3, 0.4) is 0 Å². The Morgan fingerprint density at radius 3 is 2.85 bits per heavy atom. The summed E-state index contributed by atoms with van der Waals surface area (Å²) in [6.45, 7) is 3.78. The maximum atomic E-state index is 5.94. The van der Waals surface area contributed by atoms with E-state index in [4.69, 9.17) is 5.73 Å². The van der Waals surface area contributed by atoms with Gasteiger partial charge in [0.2, 0.25) is 5.95 Å². The van der Waals surface area contributed by atoms with Crippen LogP contribution in [0.2, 0.25) is 0 Å². The molecule has 3 heterocycles. The van der Waals surface area contributed by atoms with Crippen LogP contribution >= 0.6 is 0 Å². The molecule has 0 radical (unpaired) electrons. The largest absolute Gasteiger partial charge is 0.368 e. The van der Waals surface area contributed by atoms with Gasteiger partial charge >= 0.3 is 0 Å². The number of hydrazine groups is 1. The van der Waals surface area contributed by atoms with E-state index in [1.54, 1.807) is 17.1 Å². The lowest BCUT2D eigenvalue weighted by molar-refractivity contribution is 0.229. The van der Waals surface area contributed by atoms with E-state index < -0.39 is 0 Å². The molecule has 0 aliphatic carbocycles. The first-order chi connectivity index (χ1) is 9.75. The lowest BCUT2D eigenvalue weighted by Crippen LogP contribution is -2.51. The van der Waals surface area contributed by atoms with Crippen LogP contribution in [0.25, 0.3) is 5.69 Å². The van der Waals surface area contributed by atoms with Crippen LogP contribution in [0.4, 0.5) is 11.9 Å². The van der Waals surface area contributed by atoms with Crippen molar-refractivity contribution in [3.8, 4) is 5.69 Å². The lowest BCUT2D eigenvalue weighted by Gasteiger charge is -2.34. The molecule has 20 heavy (non-hydrogen) atoms. The Balaban J connectivity index is 1.85. The maximum Gasteiger partial charge on any atom is 0.261 e. The van der Waals surface area contributed by atoms with Crippen LogP contribution in [-0.2, 0) is 0 Å². The Kier molecular flexibility index (Phi) is 3.48. The first-order valence-electron chi connectivity index (χ1n) is 6.58. The van der Waals surface area contributed by atoms with E-state index in [0.29, 0.717) is 11.9 Å². The lowest BCUT2D eigenvalue weighted by atomic mass is 10.4. The number of nitrogen functional groups attached to an aromatic ring is 1. The Morgan fingerprint density at radius 2 is 2.15 bits per heavy atom. The van der Waals surface area contributed by atoms with Gasteiger partial charge in [-0.3, -0.25) is 9.99 Å². The molecule has 3 rings (SSSR count). The van der Waals surface area contributed by atoms with Crippen LogP contribution in [0.1, 0.15) is 0 Å². The highest BCUT2D eigenvalue weighted by molar-refractivity contribution is 5.41. The second kappa shape index (κ2) is 5.43. The van der Waals surface area contributed by atoms with Crippen molar-refractivity contribution in [2.75, 3.05) is 44.0 Å². The fourth-order valence-electron chi connectivity index (χ4n) is 2.20. The number of aromatic nitrogens is 4. The van der Waals surface area contributed by atoms with Gasteiger partial charge in [0.15, 0.2) is 0 Å². The van der Waals surface area contributed by atoms with Crippen molar-refractivity contribution in [3.63, 3.8) is 0 Å². The van der Waals surface area contributed by atoms with E-state index in [1.807, 2.05) is 24.2 Å². The van der Waals surface area contributed by atoms with Gasteiger partial charge in [-0.25, -0.2) is 5.01 Å². The van der Waals surface area contributed by atoms with Crippen LogP contribution in [-0.4, -0.2) is 58.0 Å². The van der Waals surface area contributed by atoms with Crippen molar-refractivity contribution in [3.05, 3.63) is 24.5 Å². The molecule has 0 atom stereocenters. The molecule has 2 aromatic heterocycles. The first-order valence-corrected chi connectivity index (χ1v) is 6.58. The Labute approximate surface area is 117 Å². The summed E-state index contributed by atoms with van der Waals surface area (Å²) in [5, 5.41) is 11.9. The van der Waals surface area contributed by atoms with E-state index >= 15 is 0 Å². The van der Waals surface area contributed by atoms with Crippen molar-refractivity contribution >= 4 is 11.9 Å². The van der Waals surface area contributed by atoms with Gasteiger partial charge in [-0.15, -0.1) is 5.10 Å². The minimum absolute atomic E-state index is 0.356. The quantitative estimate of drug-likeness (QED) is 0.780. The van der Waals surface area contributed by atoms with Gasteiger partial charge in [0.25, 0.3) is 5.95 Å². The Bertz CT molecular complexity index is 560. The molecular weight excluding hydrogens is 256 g/mol. The van der Waals surface area contributed by atoms with Gasteiger partial charge in [-0.1, -0.05) is 0 Å².